The molecule has 0 saturated carbocycles. The number of ether oxygens (including phenoxy) is 1. The standard InChI is InChI=1S/C15H17N3O3.C10H12ClNO2.C2H6/c1-16-7-9-2-3-10-8-18(15(21)11(10)6-9)12-4-5-13(19)17-14(12)20;1-3-7-4-8(11)10(14-2)5-9(7)12-6-13;1-2/h2-3,6,12,16H,4-5,7-8H2,1H3,(H,17,19,20);4-6H,3H2,1-2H3,(H,12,13);1-2H3. The molecule has 2 heterocycles. The normalized spacial score (nSPS) is 16.0. The van der Waals surface area contributed by atoms with E-state index in [1.54, 1.807) is 17.0 Å². The molecule has 2 aromatic carbocycles. The summed E-state index contributed by atoms with van der Waals surface area (Å²) < 4.78 is 5.04. The lowest BCUT2D eigenvalue weighted by molar-refractivity contribution is -0.136. The monoisotopic (exact) mass is 530 g/mol. The molecule has 0 aliphatic carbocycles. The Balaban J connectivity index is 0.000000263. The number of amides is 4. The van der Waals surface area contributed by atoms with Crippen molar-refractivity contribution in [3.8, 4) is 5.75 Å². The Hall–Kier alpha value is -3.43. The highest BCUT2D eigenvalue weighted by atomic mass is 35.5. The van der Waals surface area contributed by atoms with Crippen molar-refractivity contribution in [2.75, 3.05) is 19.5 Å². The van der Waals surface area contributed by atoms with Crippen molar-refractivity contribution in [1.29, 1.82) is 0 Å². The summed E-state index contributed by atoms with van der Waals surface area (Å²) in [6.07, 6.45) is 2.12. The van der Waals surface area contributed by atoms with Crippen LogP contribution in [0.1, 0.15) is 60.7 Å². The van der Waals surface area contributed by atoms with Crippen LogP contribution in [0.4, 0.5) is 5.69 Å². The predicted molar refractivity (Wildman–Crippen MR) is 144 cm³/mol. The van der Waals surface area contributed by atoms with Crippen LogP contribution in [-0.2, 0) is 33.9 Å². The number of imide groups is 1. The third-order valence-corrected chi connectivity index (χ3v) is 6.24. The summed E-state index contributed by atoms with van der Waals surface area (Å²) in [6, 6.07) is 8.76. The highest BCUT2D eigenvalue weighted by Gasteiger charge is 2.39. The third kappa shape index (κ3) is 7.30. The van der Waals surface area contributed by atoms with Gasteiger partial charge in [0, 0.05) is 36.8 Å². The quantitative estimate of drug-likeness (QED) is 0.371. The maximum absolute atomic E-state index is 12.5. The number of piperidine rings is 1. The zero-order chi connectivity index (χ0) is 27.5. The maximum atomic E-state index is 12.5. The van der Waals surface area contributed by atoms with E-state index in [4.69, 9.17) is 16.3 Å². The molecule has 4 amide bonds. The molecular formula is C27H35ClN4O5. The molecule has 2 aromatic rings. The molecule has 1 fully saturated rings. The van der Waals surface area contributed by atoms with Gasteiger partial charge < -0.3 is 20.3 Å². The summed E-state index contributed by atoms with van der Waals surface area (Å²) in [7, 11) is 3.39. The summed E-state index contributed by atoms with van der Waals surface area (Å²) in [6.45, 7) is 7.12. The van der Waals surface area contributed by atoms with Gasteiger partial charge in [0.25, 0.3) is 5.91 Å². The highest BCUT2D eigenvalue weighted by Crippen LogP contribution is 2.31. The van der Waals surface area contributed by atoms with Crippen LogP contribution in [0.5, 0.6) is 5.75 Å². The van der Waals surface area contributed by atoms with Gasteiger partial charge >= 0.3 is 0 Å². The number of hydrogen-bond acceptors (Lipinski definition) is 6. The van der Waals surface area contributed by atoms with E-state index in [9.17, 15) is 19.2 Å². The molecule has 4 rings (SSSR count). The van der Waals surface area contributed by atoms with Crippen molar-refractivity contribution in [2.24, 2.45) is 0 Å². The van der Waals surface area contributed by atoms with Gasteiger partial charge in [-0.2, -0.15) is 0 Å². The van der Waals surface area contributed by atoms with E-state index in [0.29, 0.717) is 42.3 Å². The number of nitrogens with zero attached hydrogens (tertiary/aromatic N) is 1. The van der Waals surface area contributed by atoms with E-state index in [0.717, 1.165) is 28.8 Å². The number of nitrogens with one attached hydrogen (secondary N) is 3. The van der Waals surface area contributed by atoms with Gasteiger partial charge in [0.05, 0.1) is 12.1 Å². The molecule has 9 nitrogen and oxygen atoms in total. The molecule has 2 aliphatic rings. The summed E-state index contributed by atoms with van der Waals surface area (Å²) in [5.74, 6) is -0.203. The lowest BCUT2D eigenvalue weighted by Crippen LogP contribution is -2.52. The van der Waals surface area contributed by atoms with Crippen LogP contribution in [0, 0.1) is 0 Å². The van der Waals surface area contributed by atoms with Crippen molar-refractivity contribution in [3.63, 3.8) is 0 Å². The number of carbonyl (C=O) groups excluding carboxylic acids is 4. The Labute approximate surface area is 222 Å². The number of methoxy groups -OCH3 is 1. The smallest absolute Gasteiger partial charge is 0.255 e. The van der Waals surface area contributed by atoms with Gasteiger partial charge in [0.2, 0.25) is 18.2 Å². The molecule has 1 saturated heterocycles. The fourth-order valence-corrected chi connectivity index (χ4v) is 4.42. The number of anilines is 1. The predicted octanol–water partition coefficient (Wildman–Crippen LogP) is 3.67. The zero-order valence-electron chi connectivity index (χ0n) is 21.9. The largest absolute Gasteiger partial charge is 0.495 e. The topological polar surface area (TPSA) is 117 Å². The average molecular weight is 531 g/mol. The first-order valence-electron chi connectivity index (χ1n) is 12.3. The van der Waals surface area contributed by atoms with Crippen molar-refractivity contribution in [3.05, 3.63) is 57.6 Å². The van der Waals surface area contributed by atoms with Crippen LogP contribution in [0.2, 0.25) is 5.02 Å². The lowest BCUT2D eigenvalue weighted by atomic mass is 10.0. The molecule has 0 radical (unpaired) electrons. The fourth-order valence-electron chi connectivity index (χ4n) is 4.16. The van der Waals surface area contributed by atoms with E-state index in [1.165, 1.54) is 7.11 Å². The molecule has 0 bridgehead atoms. The van der Waals surface area contributed by atoms with Crippen LogP contribution < -0.4 is 20.7 Å². The van der Waals surface area contributed by atoms with Crippen molar-refractivity contribution in [1.82, 2.24) is 15.5 Å². The lowest BCUT2D eigenvalue weighted by Gasteiger charge is -2.29. The molecule has 1 atom stereocenters. The molecule has 37 heavy (non-hydrogen) atoms. The minimum absolute atomic E-state index is 0.127. The first kappa shape index (κ1) is 29.8. The van der Waals surface area contributed by atoms with Crippen LogP contribution >= 0.6 is 11.6 Å². The SMILES string of the molecule is CC.CCc1cc(Cl)c(OC)cc1NC=O.CNCc1ccc2c(c1)C(=O)N(C1CCC(=O)NC1=O)C2. The van der Waals surface area contributed by atoms with Gasteiger partial charge in [0.1, 0.15) is 11.8 Å². The van der Waals surface area contributed by atoms with Gasteiger partial charge in [-0.3, -0.25) is 24.5 Å². The summed E-state index contributed by atoms with van der Waals surface area (Å²) in [5, 5.41) is 8.52. The number of aryl methyl sites for hydroxylation is 1. The fraction of sp³-hybridized carbons (Fsp3) is 0.407. The summed E-state index contributed by atoms with van der Waals surface area (Å²) in [4.78, 5) is 47.6. The van der Waals surface area contributed by atoms with Gasteiger partial charge in [0.15, 0.2) is 0 Å². The Morgan fingerprint density at radius 3 is 2.51 bits per heavy atom. The van der Waals surface area contributed by atoms with E-state index >= 15 is 0 Å². The second-order valence-corrected chi connectivity index (χ2v) is 8.59. The van der Waals surface area contributed by atoms with Gasteiger partial charge in [-0.15, -0.1) is 0 Å². The van der Waals surface area contributed by atoms with Crippen molar-refractivity contribution >= 4 is 41.4 Å². The second kappa shape index (κ2) is 14.3. The number of benzene rings is 2. The second-order valence-electron chi connectivity index (χ2n) is 8.18. The molecule has 0 aromatic heterocycles. The molecule has 3 N–H and O–H groups in total. The van der Waals surface area contributed by atoms with Crippen LogP contribution in [-0.4, -0.2) is 49.2 Å². The van der Waals surface area contributed by atoms with E-state index in [-0.39, 0.29) is 24.1 Å². The molecule has 10 heteroatoms. The van der Waals surface area contributed by atoms with Crippen LogP contribution in [0.25, 0.3) is 0 Å². The highest BCUT2D eigenvalue weighted by molar-refractivity contribution is 6.32. The van der Waals surface area contributed by atoms with Crippen LogP contribution in [0.15, 0.2) is 30.3 Å². The molecular weight excluding hydrogens is 496 g/mol. The summed E-state index contributed by atoms with van der Waals surface area (Å²) in [5.41, 5.74) is 4.36. The van der Waals surface area contributed by atoms with Gasteiger partial charge in [-0.05, 0) is 48.7 Å². The van der Waals surface area contributed by atoms with Crippen molar-refractivity contribution in [2.45, 2.75) is 59.2 Å². The third-order valence-electron chi connectivity index (χ3n) is 5.95. The van der Waals surface area contributed by atoms with Crippen molar-refractivity contribution < 1.29 is 23.9 Å². The van der Waals surface area contributed by atoms with E-state index in [2.05, 4.69) is 16.0 Å². The number of halogens is 1. The molecule has 0 spiro atoms. The Morgan fingerprint density at radius 1 is 1.19 bits per heavy atom. The minimum atomic E-state index is -0.546. The Bertz CT molecular complexity index is 1140. The number of carbonyl (C=O) groups is 4. The Morgan fingerprint density at radius 2 is 1.92 bits per heavy atom. The molecule has 200 valence electrons. The molecule has 1 unspecified atom stereocenters. The molecule has 2 aliphatic heterocycles. The van der Waals surface area contributed by atoms with Gasteiger partial charge in [-0.1, -0.05) is 44.5 Å². The maximum Gasteiger partial charge on any atom is 0.255 e. The average Bonchev–Trinajstić information content (AvgIpc) is 3.22. The number of hydrogen-bond donors (Lipinski definition) is 3. The first-order valence-corrected chi connectivity index (χ1v) is 12.7. The van der Waals surface area contributed by atoms with Crippen LogP contribution in [0.3, 0.4) is 0 Å². The first-order chi connectivity index (χ1) is 17.8. The van der Waals surface area contributed by atoms with Gasteiger partial charge in [-0.25, -0.2) is 0 Å². The number of rotatable bonds is 7. The summed E-state index contributed by atoms with van der Waals surface area (Å²) >= 11 is 5.94. The Kier molecular flexibility index (Phi) is 11.6. The number of fused-ring (bicyclic) bond motifs is 1. The minimum Gasteiger partial charge on any atom is -0.495 e. The zero-order valence-corrected chi connectivity index (χ0v) is 22.7. The van der Waals surface area contributed by atoms with E-state index in [1.807, 2.05) is 46.0 Å². The van der Waals surface area contributed by atoms with E-state index < -0.39 is 6.04 Å².